The van der Waals surface area contributed by atoms with E-state index in [1.165, 1.54) is 0 Å². The number of nitrogens with one attached hydrogen (secondary N) is 1. The second kappa shape index (κ2) is 4.04. The van der Waals surface area contributed by atoms with Crippen LogP contribution in [0.5, 0.6) is 0 Å². The van der Waals surface area contributed by atoms with Gasteiger partial charge in [0.1, 0.15) is 6.61 Å². The molecule has 0 saturated heterocycles. The molecule has 0 spiro atoms. The van der Waals surface area contributed by atoms with E-state index in [1.54, 1.807) is 17.1 Å². The van der Waals surface area contributed by atoms with Gasteiger partial charge in [0.25, 0.3) is 0 Å². The molecule has 5 heteroatoms. The molecule has 1 aromatic heterocycles. The van der Waals surface area contributed by atoms with Crippen molar-refractivity contribution < 1.29 is 9.90 Å². The minimum atomic E-state index is -0.507. The normalized spacial score (nSPS) is 10.5. The molecule has 5 nitrogen and oxygen atoms in total. The van der Waals surface area contributed by atoms with Crippen LogP contribution in [0.3, 0.4) is 0 Å². The van der Waals surface area contributed by atoms with Crippen LogP contribution in [0, 0.1) is 0 Å². The molecule has 0 aliphatic rings. The highest BCUT2D eigenvalue weighted by molar-refractivity contribution is 5.91. The molecule has 1 amide bonds. The van der Waals surface area contributed by atoms with E-state index in [1.807, 2.05) is 13.8 Å². The zero-order chi connectivity index (χ0) is 9.84. The molecule has 0 atom stereocenters. The predicted molar refractivity (Wildman–Crippen MR) is 48.3 cm³/mol. The quantitative estimate of drug-likeness (QED) is 0.712. The van der Waals surface area contributed by atoms with Crippen LogP contribution < -0.4 is 5.32 Å². The topological polar surface area (TPSA) is 67.2 Å². The third-order valence-electron chi connectivity index (χ3n) is 1.56. The molecule has 0 radical (unpaired) electrons. The molecule has 0 unspecified atom stereocenters. The van der Waals surface area contributed by atoms with E-state index in [-0.39, 0.29) is 6.04 Å². The second-order valence-electron chi connectivity index (χ2n) is 3.01. The van der Waals surface area contributed by atoms with Crippen LogP contribution in [0.1, 0.15) is 19.9 Å². The molecular formula is C8H13N3O2. The summed E-state index contributed by atoms with van der Waals surface area (Å²) in [6.45, 7) is 3.47. The van der Waals surface area contributed by atoms with Crippen LogP contribution in [-0.2, 0) is 4.79 Å². The van der Waals surface area contributed by atoms with Gasteiger partial charge < -0.3 is 10.4 Å². The number of aliphatic hydroxyl groups is 1. The van der Waals surface area contributed by atoms with E-state index >= 15 is 0 Å². The Labute approximate surface area is 76.4 Å². The molecule has 2 N–H and O–H groups in total. The number of carbonyl (C=O) groups excluding carboxylic acids is 1. The molecule has 0 bridgehead atoms. The van der Waals surface area contributed by atoms with Crippen molar-refractivity contribution in [3.05, 3.63) is 12.4 Å². The summed E-state index contributed by atoms with van der Waals surface area (Å²) in [5.41, 5.74) is 0.604. The van der Waals surface area contributed by atoms with E-state index in [0.717, 1.165) is 0 Å². The molecular weight excluding hydrogens is 170 g/mol. The van der Waals surface area contributed by atoms with E-state index in [0.29, 0.717) is 5.69 Å². The third kappa shape index (κ3) is 2.55. The molecule has 1 rings (SSSR count). The first-order valence-corrected chi connectivity index (χ1v) is 4.08. The summed E-state index contributed by atoms with van der Waals surface area (Å²) in [7, 11) is 0. The highest BCUT2D eigenvalue weighted by atomic mass is 16.3. The fourth-order valence-electron chi connectivity index (χ4n) is 0.886. The molecule has 0 aliphatic carbocycles. The zero-order valence-corrected chi connectivity index (χ0v) is 7.69. The van der Waals surface area contributed by atoms with Gasteiger partial charge in [-0.25, -0.2) is 0 Å². The maximum atomic E-state index is 10.8. The van der Waals surface area contributed by atoms with E-state index in [2.05, 4.69) is 10.4 Å². The van der Waals surface area contributed by atoms with Crippen molar-refractivity contribution in [2.45, 2.75) is 19.9 Å². The summed E-state index contributed by atoms with van der Waals surface area (Å²) in [6.07, 6.45) is 3.27. The van der Waals surface area contributed by atoms with Crippen LogP contribution in [0.25, 0.3) is 0 Å². The fraction of sp³-hybridized carbons (Fsp3) is 0.500. The second-order valence-corrected chi connectivity index (χ2v) is 3.01. The van der Waals surface area contributed by atoms with Crippen LogP contribution in [-0.4, -0.2) is 27.4 Å². The number of hydrogen-bond donors (Lipinski definition) is 2. The average Bonchev–Trinajstić information content (AvgIpc) is 2.52. The van der Waals surface area contributed by atoms with Gasteiger partial charge in [-0.2, -0.15) is 5.10 Å². The fourth-order valence-corrected chi connectivity index (χ4v) is 0.886. The van der Waals surface area contributed by atoms with Gasteiger partial charge in [0.05, 0.1) is 11.9 Å². The van der Waals surface area contributed by atoms with Crippen LogP contribution in [0.2, 0.25) is 0 Å². The molecule has 0 aromatic carbocycles. The maximum absolute atomic E-state index is 10.8. The number of aromatic nitrogens is 2. The Kier molecular flexibility index (Phi) is 3.02. The average molecular weight is 183 g/mol. The van der Waals surface area contributed by atoms with Gasteiger partial charge in [0.15, 0.2) is 0 Å². The van der Waals surface area contributed by atoms with Crippen LogP contribution in [0.15, 0.2) is 12.4 Å². The Hall–Kier alpha value is -1.36. The molecule has 0 fully saturated rings. The van der Waals surface area contributed by atoms with Gasteiger partial charge in [-0.1, -0.05) is 0 Å². The molecule has 0 saturated carbocycles. The van der Waals surface area contributed by atoms with Crippen LogP contribution >= 0.6 is 0 Å². The summed E-state index contributed by atoms with van der Waals surface area (Å²) < 4.78 is 1.73. The largest absolute Gasteiger partial charge is 0.387 e. The Morgan fingerprint density at radius 1 is 1.77 bits per heavy atom. The first-order valence-electron chi connectivity index (χ1n) is 4.08. The Morgan fingerprint density at radius 2 is 2.46 bits per heavy atom. The van der Waals surface area contributed by atoms with E-state index in [4.69, 9.17) is 5.11 Å². The summed E-state index contributed by atoms with van der Waals surface area (Å²) in [5, 5.41) is 15.0. The smallest absolute Gasteiger partial charge is 0.250 e. The number of rotatable bonds is 3. The van der Waals surface area contributed by atoms with Gasteiger partial charge in [-0.05, 0) is 13.8 Å². The minimum Gasteiger partial charge on any atom is -0.387 e. The zero-order valence-electron chi connectivity index (χ0n) is 7.69. The van der Waals surface area contributed by atoms with Crippen molar-refractivity contribution in [1.29, 1.82) is 0 Å². The van der Waals surface area contributed by atoms with Gasteiger partial charge >= 0.3 is 0 Å². The van der Waals surface area contributed by atoms with Crippen molar-refractivity contribution in [2.75, 3.05) is 11.9 Å². The Balaban J connectivity index is 2.64. The number of anilines is 1. The summed E-state index contributed by atoms with van der Waals surface area (Å²) in [6, 6.07) is 0.264. The third-order valence-corrected chi connectivity index (χ3v) is 1.56. The highest BCUT2D eigenvalue weighted by Gasteiger charge is 2.03. The molecule has 13 heavy (non-hydrogen) atoms. The maximum Gasteiger partial charge on any atom is 0.250 e. The summed E-state index contributed by atoms with van der Waals surface area (Å²) >= 11 is 0. The van der Waals surface area contributed by atoms with E-state index in [9.17, 15) is 4.79 Å². The molecule has 1 aromatic rings. The number of hydrogen-bond acceptors (Lipinski definition) is 3. The molecule has 1 heterocycles. The van der Waals surface area contributed by atoms with E-state index < -0.39 is 12.5 Å². The van der Waals surface area contributed by atoms with Crippen molar-refractivity contribution >= 4 is 11.6 Å². The summed E-state index contributed by atoms with van der Waals surface area (Å²) in [4.78, 5) is 10.8. The van der Waals surface area contributed by atoms with Gasteiger partial charge in [-0.15, -0.1) is 0 Å². The lowest BCUT2D eigenvalue weighted by molar-refractivity contribution is -0.118. The predicted octanol–water partition coefficient (Wildman–Crippen LogP) is 0.395. The van der Waals surface area contributed by atoms with Crippen molar-refractivity contribution in [2.24, 2.45) is 0 Å². The number of amides is 1. The van der Waals surface area contributed by atoms with Crippen molar-refractivity contribution in [1.82, 2.24) is 9.78 Å². The number of nitrogens with zero attached hydrogens (tertiary/aromatic N) is 2. The highest BCUT2D eigenvalue weighted by Crippen LogP contribution is 2.09. The Morgan fingerprint density at radius 3 is 2.92 bits per heavy atom. The molecule has 72 valence electrons. The monoisotopic (exact) mass is 183 g/mol. The first kappa shape index (κ1) is 9.73. The lowest BCUT2D eigenvalue weighted by Gasteiger charge is -2.03. The SMILES string of the molecule is CC(C)n1cc(NC(=O)CO)cn1. The number of carbonyl (C=O) groups is 1. The molecule has 0 aliphatic heterocycles. The van der Waals surface area contributed by atoms with Crippen LogP contribution in [0.4, 0.5) is 5.69 Å². The lowest BCUT2D eigenvalue weighted by atomic mass is 10.4. The lowest BCUT2D eigenvalue weighted by Crippen LogP contribution is -2.14. The number of aliphatic hydroxyl groups excluding tert-OH is 1. The van der Waals surface area contributed by atoms with Gasteiger partial charge in [0.2, 0.25) is 5.91 Å². The first-order chi connectivity index (χ1) is 6.13. The van der Waals surface area contributed by atoms with Crippen molar-refractivity contribution in [3.8, 4) is 0 Å². The Bertz CT molecular complexity index is 293. The summed E-state index contributed by atoms with van der Waals surface area (Å²) in [5.74, 6) is -0.427. The van der Waals surface area contributed by atoms with Gasteiger partial charge in [-0.3, -0.25) is 9.48 Å². The standard InChI is InChI=1S/C8H13N3O2/c1-6(2)11-4-7(3-9-11)10-8(13)5-12/h3-4,6,12H,5H2,1-2H3,(H,10,13). The van der Waals surface area contributed by atoms with Gasteiger partial charge in [0, 0.05) is 12.2 Å². The van der Waals surface area contributed by atoms with Crippen molar-refractivity contribution in [3.63, 3.8) is 0 Å². The minimum absolute atomic E-state index is 0.264.